The zero-order valence-corrected chi connectivity index (χ0v) is 16.3. The van der Waals surface area contributed by atoms with Gasteiger partial charge in [-0.15, -0.1) is 0 Å². The van der Waals surface area contributed by atoms with Crippen LogP contribution in [-0.4, -0.2) is 37.1 Å². The standard InChI is InChI=1S/C20H25N3O2Si/c1-26(2)18-12-14(21)7-9-16(18)23-17-10-8-15(13-19(17)26)22-11-5-3-4-6-20(24)25/h7-10,12-13H,3-6,11,21H2,1-2H3,(H,24,25). The molecule has 0 atom stereocenters. The number of allylic oxidation sites excluding steroid dienone is 4. The number of fused-ring (bicyclic) bond motifs is 2. The van der Waals surface area contributed by atoms with Gasteiger partial charge in [-0.1, -0.05) is 19.5 Å². The first-order valence-corrected chi connectivity index (χ1v) is 12.0. The van der Waals surface area contributed by atoms with Crippen LogP contribution in [0.15, 0.2) is 51.6 Å². The Balaban J connectivity index is 1.75. The van der Waals surface area contributed by atoms with Gasteiger partial charge in [0.1, 0.15) is 8.07 Å². The maximum Gasteiger partial charge on any atom is 0.303 e. The lowest BCUT2D eigenvalue weighted by molar-refractivity contribution is -0.137. The SMILES string of the molecule is C[Si]1(C)C2=CC(=NCCCCCC(=O)O)C=CC2=Nc2ccc(N)cc21. The average molecular weight is 368 g/mol. The van der Waals surface area contributed by atoms with Crippen LogP contribution in [0.3, 0.4) is 0 Å². The second-order valence-corrected chi connectivity index (χ2v) is 11.6. The lowest BCUT2D eigenvalue weighted by Crippen LogP contribution is -2.49. The number of benzene rings is 1. The van der Waals surface area contributed by atoms with E-state index >= 15 is 0 Å². The van der Waals surface area contributed by atoms with Gasteiger partial charge in [-0.2, -0.15) is 0 Å². The van der Waals surface area contributed by atoms with E-state index in [1.807, 2.05) is 18.2 Å². The molecule has 0 saturated carbocycles. The van der Waals surface area contributed by atoms with Crippen molar-refractivity contribution in [3.05, 3.63) is 41.6 Å². The van der Waals surface area contributed by atoms with Crippen LogP contribution in [0.1, 0.15) is 25.7 Å². The topological polar surface area (TPSA) is 88.0 Å². The summed E-state index contributed by atoms with van der Waals surface area (Å²) in [6, 6.07) is 5.99. The van der Waals surface area contributed by atoms with Crippen molar-refractivity contribution in [1.29, 1.82) is 0 Å². The molecule has 3 N–H and O–H groups in total. The highest BCUT2D eigenvalue weighted by Gasteiger charge is 2.37. The van der Waals surface area contributed by atoms with Crippen molar-refractivity contribution >= 4 is 42.0 Å². The van der Waals surface area contributed by atoms with Crippen molar-refractivity contribution < 1.29 is 9.90 Å². The van der Waals surface area contributed by atoms with Crippen molar-refractivity contribution in [1.82, 2.24) is 0 Å². The number of aliphatic imine (C=N–C) groups is 2. The molecule has 0 unspecified atom stereocenters. The molecule has 0 aromatic heterocycles. The molecule has 0 radical (unpaired) electrons. The van der Waals surface area contributed by atoms with Gasteiger partial charge in [0.05, 0.1) is 17.1 Å². The fourth-order valence-electron chi connectivity index (χ4n) is 3.42. The number of nitrogens with zero attached hydrogens (tertiary/aromatic N) is 2. The number of carbonyl (C=O) groups is 1. The van der Waals surface area contributed by atoms with E-state index in [9.17, 15) is 4.79 Å². The fourth-order valence-corrected chi connectivity index (χ4v) is 6.31. The minimum Gasteiger partial charge on any atom is -0.481 e. The van der Waals surface area contributed by atoms with Crippen molar-refractivity contribution in [2.75, 3.05) is 12.3 Å². The first-order valence-electron chi connectivity index (χ1n) is 9.03. The number of anilines is 1. The number of carboxylic acids is 1. The van der Waals surface area contributed by atoms with Gasteiger partial charge < -0.3 is 10.8 Å². The van der Waals surface area contributed by atoms with Crippen LogP contribution in [0, 0.1) is 0 Å². The molecular formula is C20H25N3O2Si. The third kappa shape index (κ3) is 3.85. The summed E-state index contributed by atoms with van der Waals surface area (Å²) < 4.78 is 0. The molecule has 136 valence electrons. The zero-order chi connectivity index (χ0) is 18.7. The van der Waals surface area contributed by atoms with Gasteiger partial charge in [-0.3, -0.25) is 9.79 Å². The van der Waals surface area contributed by atoms with Gasteiger partial charge in [0.25, 0.3) is 0 Å². The second-order valence-electron chi connectivity index (χ2n) is 7.30. The van der Waals surface area contributed by atoms with Crippen LogP contribution in [0.5, 0.6) is 0 Å². The van der Waals surface area contributed by atoms with Crippen LogP contribution in [-0.2, 0) is 4.79 Å². The summed E-state index contributed by atoms with van der Waals surface area (Å²) in [5.74, 6) is -0.728. The van der Waals surface area contributed by atoms with Crippen LogP contribution in [0.2, 0.25) is 13.1 Å². The number of aliphatic carboxylic acids is 1. The van der Waals surface area contributed by atoms with Crippen molar-refractivity contribution in [3.63, 3.8) is 0 Å². The third-order valence-electron chi connectivity index (χ3n) is 4.93. The quantitative estimate of drug-likeness (QED) is 0.350. The molecule has 0 bridgehead atoms. The Hall–Kier alpha value is -2.47. The highest BCUT2D eigenvalue weighted by molar-refractivity contribution is 7.01. The minimum atomic E-state index is -1.87. The van der Waals surface area contributed by atoms with Crippen molar-refractivity contribution in [2.45, 2.75) is 38.8 Å². The largest absolute Gasteiger partial charge is 0.481 e. The summed E-state index contributed by atoms with van der Waals surface area (Å²) in [7, 11) is -1.87. The Morgan fingerprint density at radius 2 is 2.04 bits per heavy atom. The van der Waals surface area contributed by atoms with Gasteiger partial charge in [0.2, 0.25) is 0 Å². The summed E-state index contributed by atoms with van der Waals surface area (Å²) in [4.78, 5) is 20.0. The lowest BCUT2D eigenvalue weighted by Gasteiger charge is -2.33. The molecule has 1 aromatic rings. The molecule has 0 fully saturated rings. The maximum atomic E-state index is 10.5. The Bertz CT molecular complexity index is 851. The molecule has 0 spiro atoms. The van der Waals surface area contributed by atoms with Crippen LogP contribution in [0.4, 0.5) is 11.4 Å². The summed E-state index contributed by atoms with van der Waals surface area (Å²) in [6.07, 6.45) is 9.01. The van der Waals surface area contributed by atoms with Crippen LogP contribution >= 0.6 is 0 Å². The molecule has 1 aromatic carbocycles. The Morgan fingerprint density at radius 1 is 1.23 bits per heavy atom. The van der Waals surface area contributed by atoms with E-state index in [-0.39, 0.29) is 6.42 Å². The third-order valence-corrected chi connectivity index (χ3v) is 8.43. The number of carboxylic acid groups (broad SMARTS) is 1. The van der Waals surface area contributed by atoms with Gasteiger partial charge in [-0.05, 0) is 59.7 Å². The number of hydrogen-bond donors (Lipinski definition) is 2. The highest BCUT2D eigenvalue weighted by Crippen LogP contribution is 2.31. The van der Waals surface area contributed by atoms with E-state index in [1.54, 1.807) is 0 Å². The molecule has 6 heteroatoms. The van der Waals surface area contributed by atoms with Gasteiger partial charge in [0, 0.05) is 18.7 Å². The number of hydrogen-bond acceptors (Lipinski definition) is 4. The summed E-state index contributed by atoms with van der Waals surface area (Å²) in [6.45, 7) is 5.38. The van der Waals surface area contributed by atoms with Gasteiger partial charge in [-0.25, -0.2) is 4.99 Å². The highest BCUT2D eigenvalue weighted by atomic mass is 28.3. The number of nitrogens with two attached hydrogens (primary N) is 1. The number of rotatable bonds is 6. The van der Waals surface area contributed by atoms with Crippen LogP contribution in [0.25, 0.3) is 0 Å². The first kappa shape index (κ1) is 18.3. The smallest absolute Gasteiger partial charge is 0.303 e. The van der Waals surface area contributed by atoms with E-state index in [2.05, 4.69) is 36.3 Å². The monoisotopic (exact) mass is 367 g/mol. The molecule has 1 heterocycles. The zero-order valence-electron chi connectivity index (χ0n) is 15.3. The number of nitrogen functional groups attached to an aromatic ring is 1. The molecular weight excluding hydrogens is 342 g/mol. The fraction of sp³-hybridized carbons (Fsp3) is 0.350. The summed E-state index contributed by atoms with van der Waals surface area (Å²) >= 11 is 0. The lowest BCUT2D eigenvalue weighted by atomic mass is 10.1. The molecule has 26 heavy (non-hydrogen) atoms. The predicted octanol–water partition coefficient (Wildman–Crippen LogP) is 3.39. The Morgan fingerprint density at radius 3 is 2.81 bits per heavy atom. The molecule has 3 rings (SSSR count). The van der Waals surface area contributed by atoms with Crippen molar-refractivity contribution in [2.24, 2.45) is 9.98 Å². The summed E-state index contributed by atoms with van der Waals surface area (Å²) in [5.41, 5.74) is 9.84. The van der Waals surface area contributed by atoms with Gasteiger partial charge in [0.15, 0.2) is 0 Å². The predicted molar refractivity (Wildman–Crippen MR) is 111 cm³/mol. The molecule has 0 amide bonds. The Labute approximate surface area is 155 Å². The van der Waals surface area contributed by atoms with Crippen molar-refractivity contribution in [3.8, 4) is 0 Å². The molecule has 1 aliphatic heterocycles. The second kappa shape index (κ2) is 7.41. The maximum absolute atomic E-state index is 10.5. The van der Waals surface area contributed by atoms with E-state index < -0.39 is 14.0 Å². The van der Waals surface area contributed by atoms with Crippen LogP contribution < -0.4 is 10.9 Å². The van der Waals surface area contributed by atoms with E-state index in [0.717, 1.165) is 42.2 Å². The van der Waals surface area contributed by atoms with E-state index in [1.165, 1.54) is 10.4 Å². The molecule has 0 saturated heterocycles. The minimum absolute atomic E-state index is 0.239. The first-order chi connectivity index (χ1) is 12.4. The molecule has 5 nitrogen and oxygen atoms in total. The normalized spacial score (nSPS) is 18.8. The molecule has 2 aliphatic rings. The van der Waals surface area contributed by atoms with E-state index in [0.29, 0.717) is 6.42 Å². The number of unbranched alkanes of at least 4 members (excludes halogenated alkanes) is 2. The summed E-state index contributed by atoms with van der Waals surface area (Å²) in [5, 5.41) is 11.2. The average Bonchev–Trinajstić information content (AvgIpc) is 2.59. The van der Waals surface area contributed by atoms with Gasteiger partial charge >= 0.3 is 5.97 Å². The molecule has 1 aliphatic carbocycles. The Kier molecular flexibility index (Phi) is 5.22. The van der Waals surface area contributed by atoms with E-state index in [4.69, 9.17) is 15.8 Å².